The quantitative estimate of drug-likeness (QED) is 0.923. The van der Waals surface area contributed by atoms with Crippen molar-refractivity contribution in [1.29, 1.82) is 0 Å². The minimum atomic E-state index is -0.158. The summed E-state index contributed by atoms with van der Waals surface area (Å²) in [5, 5.41) is 0. The van der Waals surface area contributed by atoms with Gasteiger partial charge in [-0.1, -0.05) is 18.2 Å². The number of nitrogens with two attached hydrogens (primary N) is 1. The van der Waals surface area contributed by atoms with E-state index in [-0.39, 0.29) is 17.5 Å². The van der Waals surface area contributed by atoms with Crippen LogP contribution >= 0.6 is 0 Å². The molecular weight excluding hydrogens is 257 g/mol. The number of halogens is 1. The van der Waals surface area contributed by atoms with E-state index >= 15 is 0 Å². The highest BCUT2D eigenvalue weighted by Gasteiger charge is 2.42. The summed E-state index contributed by atoms with van der Waals surface area (Å²) in [5.41, 5.74) is 6.92. The van der Waals surface area contributed by atoms with Crippen molar-refractivity contribution >= 4 is 0 Å². The van der Waals surface area contributed by atoms with Crippen molar-refractivity contribution in [3.8, 4) is 0 Å². The van der Waals surface area contributed by atoms with E-state index in [2.05, 4.69) is 0 Å². The lowest BCUT2D eigenvalue weighted by Crippen LogP contribution is -2.46. The van der Waals surface area contributed by atoms with Crippen molar-refractivity contribution < 1.29 is 13.9 Å². The number of rotatable bonds is 3. The fourth-order valence-electron chi connectivity index (χ4n) is 3.38. The summed E-state index contributed by atoms with van der Waals surface area (Å²) in [7, 11) is 0. The maximum Gasteiger partial charge on any atom is 0.126 e. The minimum Gasteiger partial charge on any atom is -0.378 e. The van der Waals surface area contributed by atoms with Gasteiger partial charge in [0.15, 0.2) is 0 Å². The van der Waals surface area contributed by atoms with E-state index in [1.807, 2.05) is 12.1 Å². The van der Waals surface area contributed by atoms with Crippen LogP contribution in [0.5, 0.6) is 0 Å². The van der Waals surface area contributed by atoms with Gasteiger partial charge in [-0.25, -0.2) is 4.39 Å². The molecule has 0 saturated carbocycles. The summed E-state index contributed by atoms with van der Waals surface area (Å²) in [4.78, 5) is 0. The Morgan fingerprint density at radius 1 is 1.35 bits per heavy atom. The molecule has 20 heavy (non-hydrogen) atoms. The molecule has 2 saturated heterocycles. The van der Waals surface area contributed by atoms with Crippen LogP contribution in [-0.4, -0.2) is 31.5 Å². The second-order valence-electron chi connectivity index (χ2n) is 6.05. The molecule has 4 heteroatoms. The van der Waals surface area contributed by atoms with Gasteiger partial charge < -0.3 is 15.2 Å². The van der Waals surface area contributed by atoms with Crippen molar-refractivity contribution in [2.75, 3.05) is 19.8 Å². The molecule has 3 unspecified atom stereocenters. The Balaban J connectivity index is 1.65. The number of ether oxygens (including phenoxy) is 2. The Morgan fingerprint density at radius 3 is 2.95 bits per heavy atom. The van der Waals surface area contributed by atoms with E-state index in [1.54, 1.807) is 6.07 Å². The first-order chi connectivity index (χ1) is 9.69. The first-order valence-electron chi connectivity index (χ1n) is 7.39. The Morgan fingerprint density at radius 2 is 2.20 bits per heavy atom. The van der Waals surface area contributed by atoms with E-state index in [9.17, 15) is 4.39 Å². The zero-order valence-corrected chi connectivity index (χ0v) is 11.7. The molecule has 1 aromatic carbocycles. The van der Waals surface area contributed by atoms with Gasteiger partial charge in [0.1, 0.15) is 5.82 Å². The van der Waals surface area contributed by atoms with Crippen LogP contribution < -0.4 is 5.73 Å². The molecule has 1 spiro atoms. The van der Waals surface area contributed by atoms with E-state index in [1.165, 1.54) is 6.07 Å². The van der Waals surface area contributed by atoms with Gasteiger partial charge >= 0.3 is 0 Å². The fourth-order valence-corrected chi connectivity index (χ4v) is 3.38. The third kappa shape index (κ3) is 2.87. The third-order valence-corrected chi connectivity index (χ3v) is 4.62. The minimum absolute atomic E-state index is 0.0201. The lowest BCUT2D eigenvalue weighted by Gasteiger charge is -2.39. The molecule has 0 radical (unpaired) electrons. The zero-order valence-electron chi connectivity index (χ0n) is 11.7. The van der Waals surface area contributed by atoms with Crippen LogP contribution in [0.25, 0.3) is 0 Å². The normalized spacial score (nSPS) is 31.6. The van der Waals surface area contributed by atoms with Gasteiger partial charge in [0.25, 0.3) is 0 Å². The molecular formula is C16H22FNO2. The molecule has 3 atom stereocenters. The molecule has 2 N–H and O–H groups in total. The zero-order chi connectivity index (χ0) is 14.0. The molecule has 2 heterocycles. The molecule has 0 amide bonds. The van der Waals surface area contributed by atoms with Gasteiger partial charge in [0.05, 0.1) is 12.2 Å². The maximum atomic E-state index is 13.7. The highest BCUT2D eigenvalue weighted by molar-refractivity contribution is 5.18. The van der Waals surface area contributed by atoms with Crippen molar-refractivity contribution in [1.82, 2.24) is 0 Å². The lowest BCUT2D eigenvalue weighted by molar-refractivity contribution is -0.101. The van der Waals surface area contributed by atoms with Gasteiger partial charge in [-0.15, -0.1) is 0 Å². The second-order valence-corrected chi connectivity index (χ2v) is 6.05. The van der Waals surface area contributed by atoms with E-state index < -0.39 is 0 Å². The Hall–Kier alpha value is -0.970. The van der Waals surface area contributed by atoms with Crippen LogP contribution in [0.1, 0.15) is 24.8 Å². The summed E-state index contributed by atoms with van der Waals surface area (Å²) in [6.45, 7) is 2.18. The number of hydrogen-bond acceptors (Lipinski definition) is 3. The molecule has 1 aromatic rings. The van der Waals surface area contributed by atoms with Crippen LogP contribution in [-0.2, 0) is 15.9 Å². The first kappa shape index (κ1) is 14.0. The van der Waals surface area contributed by atoms with Crippen LogP contribution in [0.3, 0.4) is 0 Å². The molecule has 2 aliphatic rings. The van der Waals surface area contributed by atoms with Gasteiger partial charge in [-0.05, 0) is 36.8 Å². The van der Waals surface area contributed by atoms with Gasteiger partial charge in [0.2, 0.25) is 0 Å². The number of hydrogen-bond donors (Lipinski definition) is 1. The molecule has 3 rings (SSSR count). The smallest absolute Gasteiger partial charge is 0.126 e. The monoisotopic (exact) mass is 279 g/mol. The lowest BCUT2D eigenvalue weighted by atomic mass is 9.79. The largest absolute Gasteiger partial charge is 0.378 e. The molecule has 110 valence electrons. The molecule has 0 aromatic heterocycles. The van der Waals surface area contributed by atoms with Crippen molar-refractivity contribution in [2.45, 2.75) is 37.3 Å². The summed E-state index contributed by atoms with van der Waals surface area (Å²) in [6.07, 6.45) is 3.43. The average molecular weight is 279 g/mol. The summed E-state index contributed by atoms with van der Waals surface area (Å²) < 4.78 is 25.1. The standard InChI is InChI=1S/C16H22FNO2/c17-14-4-2-1-3-12(14)9-15(18)13-5-7-20-16(10-13)6-8-19-11-16/h1-4,13,15H,5-11,18H2. The fraction of sp³-hybridized carbons (Fsp3) is 0.625. The third-order valence-electron chi connectivity index (χ3n) is 4.62. The molecule has 2 aliphatic heterocycles. The first-order valence-corrected chi connectivity index (χ1v) is 7.39. The second kappa shape index (κ2) is 5.80. The van der Waals surface area contributed by atoms with Crippen LogP contribution in [0.15, 0.2) is 24.3 Å². The SMILES string of the molecule is NC(Cc1ccccc1F)C1CCOC2(CCOC2)C1. The molecule has 0 bridgehead atoms. The van der Waals surface area contributed by atoms with Gasteiger partial charge in [-0.3, -0.25) is 0 Å². The molecule has 3 nitrogen and oxygen atoms in total. The molecule has 0 aliphatic carbocycles. The Bertz CT molecular complexity index is 460. The van der Waals surface area contributed by atoms with Crippen LogP contribution in [0, 0.1) is 11.7 Å². The van der Waals surface area contributed by atoms with Crippen LogP contribution in [0.4, 0.5) is 4.39 Å². The van der Waals surface area contributed by atoms with Crippen LogP contribution in [0.2, 0.25) is 0 Å². The van der Waals surface area contributed by atoms with E-state index in [0.717, 1.165) is 32.5 Å². The van der Waals surface area contributed by atoms with Gasteiger partial charge in [-0.2, -0.15) is 0 Å². The predicted octanol–water partition coefficient (Wildman–Crippen LogP) is 2.28. The van der Waals surface area contributed by atoms with Crippen molar-refractivity contribution in [3.63, 3.8) is 0 Å². The highest BCUT2D eigenvalue weighted by atomic mass is 19.1. The van der Waals surface area contributed by atoms with Crippen molar-refractivity contribution in [2.24, 2.45) is 11.7 Å². The summed E-state index contributed by atoms with van der Waals surface area (Å²) >= 11 is 0. The van der Waals surface area contributed by atoms with E-state index in [0.29, 0.717) is 24.5 Å². The highest BCUT2D eigenvalue weighted by Crippen LogP contribution is 2.37. The van der Waals surface area contributed by atoms with E-state index in [4.69, 9.17) is 15.2 Å². The maximum absolute atomic E-state index is 13.7. The average Bonchev–Trinajstić information content (AvgIpc) is 2.89. The number of benzene rings is 1. The summed E-state index contributed by atoms with van der Waals surface area (Å²) in [5.74, 6) is 0.221. The van der Waals surface area contributed by atoms with Crippen molar-refractivity contribution in [3.05, 3.63) is 35.6 Å². The van der Waals surface area contributed by atoms with Gasteiger partial charge in [0, 0.05) is 25.7 Å². The summed E-state index contributed by atoms with van der Waals surface area (Å²) in [6, 6.07) is 6.88. The topological polar surface area (TPSA) is 44.5 Å². The Labute approximate surface area is 119 Å². The molecule has 2 fully saturated rings. The predicted molar refractivity (Wildman–Crippen MR) is 74.9 cm³/mol. The Kier molecular flexibility index (Phi) is 4.06.